The van der Waals surface area contributed by atoms with E-state index in [2.05, 4.69) is 26.2 Å². The van der Waals surface area contributed by atoms with Gasteiger partial charge in [0.25, 0.3) is 0 Å². The molecule has 0 fully saturated rings. The Morgan fingerprint density at radius 2 is 2.06 bits per heavy atom. The molecule has 0 saturated heterocycles. The summed E-state index contributed by atoms with van der Waals surface area (Å²) in [5, 5.41) is 3.25. The highest BCUT2D eigenvalue weighted by molar-refractivity contribution is 9.10. The third kappa shape index (κ3) is 3.62. The number of pyridine rings is 1. The van der Waals surface area contributed by atoms with Crippen LogP contribution in [0.15, 0.2) is 41.0 Å². The van der Waals surface area contributed by atoms with Crippen molar-refractivity contribution in [2.45, 2.75) is 20.0 Å². The van der Waals surface area contributed by atoms with Crippen LogP contribution in [0.4, 0.5) is 4.39 Å². The van der Waals surface area contributed by atoms with E-state index < -0.39 is 0 Å². The molecule has 0 aliphatic carbocycles. The standard InChI is InChI=1S/C14H14BrFN2/c1-10-2-4-13(18-7-10)9-17-8-11-6-12(16)3-5-14(11)15/h2-7,17H,8-9H2,1H3. The van der Waals surface area contributed by atoms with Crippen molar-refractivity contribution >= 4 is 15.9 Å². The quantitative estimate of drug-likeness (QED) is 0.934. The van der Waals surface area contributed by atoms with Gasteiger partial charge in [0, 0.05) is 23.8 Å². The Labute approximate surface area is 114 Å². The van der Waals surface area contributed by atoms with Crippen LogP contribution in [0.1, 0.15) is 16.8 Å². The van der Waals surface area contributed by atoms with E-state index in [0.717, 1.165) is 21.3 Å². The molecular formula is C14H14BrFN2. The summed E-state index contributed by atoms with van der Waals surface area (Å²) in [7, 11) is 0. The van der Waals surface area contributed by atoms with E-state index >= 15 is 0 Å². The largest absolute Gasteiger partial charge is 0.307 e. The Morgan fingerprint density at radius 1 is 1.22 bits per heavy atom. The van der Waals surface area contributed by atoms with E-state index in [-0.39, 0.29) is 5.82 Å². The zero-order valence-electron chi connectivity index (χ0n) is 10.1. The molecule has 2 rings (SSSR count). The van der Waals surface area contributed by atoms with E-state index in [1.807, 2.05) is 25.3 Å². The molecule has 1 aromatic carbocycles. The molecule has 2 aromatic rings. The first-order valence-electron chi connectivity index (χ1n) is 5.71. The molecule has 1 heterocycles. The fraction of sp³-hybridized carbons (Fsp3) is 0.214. The highest BCUT2D eigenvalue weighted by Crippen LogP contribution is 2.17. The number of nitrogens with one attached hydrogen (secondary N) is 1. The molecule has 0 unspecified atom stereocenters. The molecule has 1 aromatic heterocycles. The lowest BCUT2D eigenvalue weighted by Crippen LogP contribution is -2.14. The van der Waals surface area contributed by atoms with E-state index in [1.54, 1.807) is 6.07 Å². The Bertz CT molecular complexity index is 526. The Morgan fingerprint density at radius 3 is 2.78 bits per heavy atom. The molecule has 0 aliphatic rings. The minimum atomic E-state index is -0.219. The molecule has 0 aliphatic heterocycles. The SMILES string of the molecule is Cc1ccc(CNCc2cc(F)ccc2Br)nc1. The number of aromatic nitrogens is 1. The Hall–Kier alpha value is -1.26. The van der Waals surface area contributed by atoms with Crippen LogP contribution in [-0.2, 0) is 13.1 Å². The highest BCUT2D eigenvalue weighted by atomic mass is 79.9. The van der Waals surface area contributed by atoms with Gasteiger partial charge in [-0.2, -0.15) is 0 Å². The van der Waals surface area contributed by atoms with Crippen LogP contribution < -0.4 is 5.32 Å². The molecule has 0 radical (unpaired) electrons. The molecule has 94 valence electrons. The first kappa shape index (κ1) is 13.2. The van der Waals surface area contributed by atoms with Crippen molar-refractivity contribution in [3.05, 3.63) is 63.6 Å². The minimum absolute atomic E-state index is 0.219. The van der Waals surface area contributed by atoms with Gasteiger partial charge in [0.15, 0.2) is 0 Å². The van der Waals surface area contributed by atoms with Gasteiger partial charge in [-0.3, -0.25) is 4.98 Å². The van der Waals surface area contributed by atoms with Gasteiger partial charge in [0.2, 0.25) is 0 Å². The van der Waals surface area contributed by atoms with Crippen molar-refractivity contribution in [3.63, 3.8) is 0 Å². The smallest absolute Gasteiger partial charge is 0.123 e. The number of nitrogens with zero attached hydrogens (tertiary/aromatic N) is 1. The number of hydrogen-bond donors (Lipinski definition) is 1. The van der Waals surface area contributed by atoms with Gasteiger partial charge in [-0.15, -0.1) is 0 Å². The van der Waals surface area contributed by atoms with Crippen LogP contribution in [0.25, 0.3) is 0 Å². The van der Waals surface area contributed by atoms with Crippen LogP contribution in [0.5, 0.6) is 0 Å². The van der Waals surface area contributed by atoms with Crippen molar-refractivity contribution in [1.29, 1.82) is 0 Å². The van der Waals surface area contributed by atoms with Crippen LogP contribution >= 0.6 is 15.9 Å². The number of aryl methyl sites for hydroxylation is 1. The predicted molar refractivity (Wildman–Crippen MR) is 73.6 cm³/mol. The Kier molecular flexibility index (Phi) is 4.44. The molecule has 4 heteroatoms. The van der Waals surface area contributed by atoms with Crippen molar-refractivity contribution < 1.29 is 4.39 Å². The number of hydrogen-bond acceptors (Lipinski definition) is 2. The lowest BCUT2D eigenvalue weighted by molar-refractivity contribution is 0.618. The molecule has 2 nitrogen and oxygen atoms in total. The van der Waals surface area contributed by atoms with Gasteiger partial charge in [-0.1, -0.05) is 22.0 Å². The zero-order chi connectivity index (χ0) is 13.0. The zero-order valence-corrected chi connectivity index (χ0v) is 11.7. The maximum Gasteiger partial charge on any atom is 0.123 e. The van der Waals surface area contributed by atoms with Gasteiger partial charge in [-0.05, 0) is 42.3 Å². The lowest BCUT2D eigenvalue weighted by atomic mass is 10.2. The van der Waals surface area contributed by atoms with E-state index in [1.165, 1.54) is 12.1 Å². The number of benzene rings is 1. The summed E-state index contributed by atoms with van der Waals surface area (Å²) in [6.45, 7) is 3.28. The fourth-order valence-corrected chi connectivity index (χ4v) is 1.99. The first-order valence-corrected chi connectivity index (χ1v) is 6.50. The van der Waals surface area contributed by atoms with Gasteiger partial charge >= 0.3 is 0 Å². The molecule has 0 saturated carbocycles. The first-order chi connectivity index (χ1) is 8.65. The summed E-state index contributed by atoms with van der Waals surface area (Å²) in [4.78, 5) is 4.30. The van der Waals surface area contributed by atoms with Gasteiger partial charge < -0.3 is 5.32 Å². The number of halogens is 2. The molecule has 0 bridgehead atoms. The Balaban J connectivity index is 1.92. The summed E-state index contributed by atoms with van der Waals surface area (Å²) in [6.07, 6.45) is 1.84. The molecule has 0 amide bonds. The average molecular weight is 309 g/mol. The monoisotopic (exact) mass is 308 g/mol. The molecule has 18 heavy (non-hydrogen) atoms. The van der Waals surface area contributed by atoms with Crippen molar-refractivity contribution in [2.75, 3.05) is 0 Å². The maximum absolute atomic E-state index is 13.1. The minimum Gasteiger partial charge on any atom is -0.307 e. The van der Waals surface area contributed by atoms with Crippen LogP contribution in [0, 0.1) is 12.7 Å². The summed E-state index contributed by atoms with van der Waals surface area (Å²) in [5.41, 5.74) is 3.03. The van der Waals surface area contributed by atoms with E-state index in [0.29, 0.717) is 13.1 Å². The fourth-order valence-electron chi connectivity index (χ4n) is 1.61. The van der Waals surface area contributed by atoms with Crippen LogP contribution in [0.3, 0.4) is 0 Å². The van der Waals surface area contributed by atoms with Gasteiger partial charge in [0.1, 0.15) is 5.82 Å². The molecule has 0 spiro atoms. The van der Waals surface area contributed by atoms with Gasteiger partial charge in [0.05, 0.1) is 5.69 Å². The normalized spacial score (nSPS) is 10.6. The molecule has 0 atom stereocenters. The lowest BCUT2D eigenvalue weighted by Gasteiger charge is -2.07. The average Bonchev–Trinajstić information content (AvgIpc) is 2.36. The number of rotatable bonds is 4. The van der Waals surface area contributed by atoms with E-state index in [9.17, 15) is 4.39 Å². The second-order valence-electron chi connectivity index (χ2n) is 4.17. The predicted octanol–water partition coefficient (Wildman–Crippen LogP) is 3.58. The summed E-state index contributed by atoms with van der Waals surface area (Å²) >= 11 is 3.40. The second kappa shape index (κ2) is 6.07. The molecular weight excluding hydrogens is 295 g/mol. The van der Waals surface area contributed by atoms with Crippen molar-refractivity contribution in [3.8, 4) is 0 Å². The van der Waals surface area contributed by atoms with Gasteiger partial charge in [-0.25, -0.2) is 4.39 Å². The maximum atomic E-state index is 13.1. The third-order valence-corrected chi connectivity index (χ3v) is 3.38. The summed E-state index contributed by atoms with van der Waals surface area (Å²) in [6, 6.07) is 8.70. The summed E-state index contributed by atoms with van der Waals surface area (Å²) < 4.78 is 14.0. The van der Waals surface area contributed by atoms with Crippen molar-refractivity contribution in [2.24, 2.45) is 0 Å². The topological polar surface area (TPSA) is 24.9 Å². The van der Waals surface area contributed by atoms with E-state index in [4.69, 9.17) is 0 Å². The van der Waals surface area contributed by atoms with Crippen LogP contribution in [0.2, 0.25) is 0 Å². The van der Waals surface area contributed by atoms with Crippen molar-refractivity contribution in [1.82, 2.24) is 10.3 Å². The third-order valence-electron chi connectivity index (χ3n) is 2.60. The highest BCUT2D eigenvalue weighted by Gasteiger charge is 2.01. The second-order valence-corrected chi connectivity index (χ2v) is 5.02. The molecule has 1 N–H and O–H groups in total. The summed E-state index contributed by atoms with van der Waals surface area (Å²) in [5.74, 6) is -0.219. The van der Waals surface area contributed by atoms with Crippen LogP contribution in [-0.4, -0.2) is 4.98 Å².